The topological polar surface area (TPSA) is 64.0 Å². The van der Waals surface area contributed by atoms with E-state index < -0.39 is 10.0 Å². The number of aromatic nitrogens is 2. The van der Waals surface area contributed by atoms with E-state index in [-0.39, 0.29) is 16.2 Å². The predicted molar refractivity (Wildman–Crippen MR) is 60.7 cm³/mol. The largest absolute Gasteiger partial charge is 0.324 e. The van der Waals surface area contributed by atoms with Crippen LogP contribution in [0.2, 0.25) is 5.15 Å². The second-order valence-electron chi connectivity index (χ2n) is 4.20. The monoisotopic (exact) mass is 263 g/mol. The van der Waals surface area contributed by atoms with Gasteiger partial charge in [-0.1, -0.05) is 11.6 Å². The van der Waals surface area contributed by atoms with Gasteiger partial charge in [-0.3, -0.25) is 0 Å². The Labute approximate surface area is 99.9 Å². The fraction of sp³-hybridized carbons (Fsp3) is 0.667. The lowest BCUT2D eigenvalue weighted by atomic mass is 10.2. The highest BCUT2D eigenvalue weighted by atomic mass is 35.5. The van der Waals surface area contributed by atoms with Gasteiger partial charge in [-0.25, -0.2) is 18.1 Å². The molecule has 0 unspecified atom stereocenters. The predicted octanol–water partition coefficient (Wildman–Crippen LogP) is 1.15. The number of nitrogens with one attached hydrogen (secondary N) is 1. The summed E-state index contributed by atoms with van der Waals surface area (Å²) in [7, 11) is -1.94. The second kappa shape index (κ2) is 4.01. The molecule has 0 aliphatic heterocycles. The Kier molecular flexibility index (Phi) is 2.98. The Bertz CT molecular complexity index is 493. The van der Waals surface area contributed by atoms with E-state index in [0.29, 0.717) is 5.92 Å². The molecular formula is C9H14ClN3O2S. The number of halogens is 1. The molecule has 1 N–H and O–H groups in total. The Morgan fingerprint density at radius 1 is 1.62 bits per heavy atom. The molecule has 0 amide bonds. The zero-order chi connectivity index (χ0) is 11.9. The first-order valence-corrected chi connectivity index (χ1v) is 6.97. The van der Waals surface area contributed by atoms with Gasteiger partial charge in [0.05, 0.1) is 6.33 Å². The van der Waals surface area contributed by atoms with Crippen molar-refractivity contribution in [1.82, 2.24) is 14.3 Å². The number of sulfonamides is 1. The summed E-state index contributed by atoms with van der Waals surface area (Å²) in [5.74, 6) is 0.456. The summed E-state index contributed by atoms with van der Waals surface area (Å²) < 4.78 is 27.9. The summed E-state index contributed by atoms with van der Waals surface area (Å²) in [6.07, 6.45) is 3.55. The van der Waals surface area contributed by atoms with Gasteiger partial charge in [0.2, 0.25) is 5.03 Å². The van der Waals surface area contributed by atoms with Crippen LogP contribution < -0.4 is 4.72 Å². The van der Waals surface area contributed by atoms with Crippen molar-refractivity contribution in [2.24, 2.45) is 13.0 Å². The fourth-order valence-electron chi connectivity index (χ4n) is 1.57. The maximum Gasteiger partial charge on any atom is 0.261 e. The van der Waals surface area contributed by atoms with E-state index in [9.17, 15) is 8.42 Å². The normalized spacial score (nSPS) is 18.7. The third kappa shape index (κ3) is 2.23. The van der Waals surface area contributed by atoms with Gasteiger partial charge in [-0.05, 0) is 25.7 Å². The maximum atomic E-state index is 11.9. The van der Waals surface area contributed by atoms with Gasteiger partial charge in [-0.15, -0.1) is 0 Å². The zero-order valence-electron chi connectivity index (χ0n) is 9.14. The van der Waals surface area contributed by atoms with Crippen LogP contribution in [0.1, 0.15) is 19.8 Å². The molecule has 1 heterocycles. The molecule has 1 aliphatic carbocycles. The molecule has 0 spiro atoms. The highest BCUT2D eigenvalue weighted by molar-refractivity contribution is 7.89. The molecule has 0 saturated heterocycles. The standard InChI is InChI=1S/C9H14ClN3O2S/c1-6(7-3-4-7)12-16(14,15)9-8(10)13(2)5-11-9/h5-7,12H,3-4H2,1-2H3/t6-/m0/s1. The van der Waals surface area contributed by atoms with Crippen LogP contribution in [0.5, 0.6) is 0 Å². The molecule has 1 fully saturated rings. The van der Waals surface area contributed by atoms with Crippen molar-refractivity contribution in [2.45, 2.75) is 30.8 Å². The van der Waals surface area contributed by atoms with Gasteiger partial charge in [0.25, 0.3) is 10.0 Å². The molecule has 2 rings (SSSR count). The van der Waals surface area contributed by atoms with Crippen LogP contribution in [0.4, 0.5) is 0 Å². The summed E-state index contributed by atoms with van der Waals surface area (Å²) in [5, 5.41) is 0.0414. The van der Waals surface area contributed by atoms with E-state index in [2.05, 4.69) is 9.71 Å². The van der Waals surface area contributed by atoms with Crippen LogP contribution in [0.15, 0.2) is 11.4 Å². The maximum absolute atomic E-state index is 11.9. The summed E-state index contributed by atoms with van der Waals surface area (Å²) in [5.41, 5.74) is 0. The quantitative estimate of drug-likeness (QED) is 0.886. The minimum Gasteiger partial charge on any atom is -0.324 e. The number of hydrogen-bond donors (Lipinski definition) is 1. The molecule has 0 aromatic carbocycles. The molecule has 7 heteroatoms. The molecule has 5 nitrogen and oxygen atoms in total. The van der Waals surface area contributed by atoms with E-state index in [4.69, 9.17) is 11.6 Å². The third-order valence-electron chi connectivity index (χ3n) is 2.76. The number of hydrogen-bond acceptors (Lipinski definition) is 3. The van der Waals surface area contributed by atoms with Crippen molar-refractivity contribution in [1.29, 1.82) is 0 Å². The van der Waals surface area contributed by atoms with Crippen molar-refractivity contribution in [3.05, 3.63) is 11.5 Å². The number of rotatable bonds is 4. The van der Waals surface area contributed by atoms with Gasteiger partial charge in [0, 0.05) is 13.1 Å². The van der Waals surface area contributed by atoms with Gasteiger partial charge >= 0.3 is 0 Å². The van der Waals surface area contributed by atoms with E-state index in [1.54, 1.807) is 7.05 Å². The van der Waals surface area contributed by atoms with Crippen molar-refractivity contribution >= 4 is 21.6 Å². The molecular weight excluding hydrogens is 250 g/mol. The zero-order valence-corrected chi connectivity index (χ0v) is 10.7. The number of nitrogens with zero attached hydrogens (tertiary/aromatic N) is 2. The molecule has 0 radical (unpaired) electrons. The highest BCUT2D eigenvalue weighted by Crippen LogP contribution is 2.33. The number of imidazole rings is 1. The van der Waals surface area contributed by atoms with Crippen molar-refractivity contribution in [3.8, 4) is 0 Å². The van der Waals surface area contributed by atoms with Crippen LogP contribution in [-0.4, -0.2) is 24.0 Å². The first kappa shape index (κ1) is 11.9. The minimum atomic E-state index is -3.59. The van der Waals surface area contributed by atoms with Crippen molar-refractivity contribution in [2.75, 3.05) is 0 Å². The molecule has 1 aromatic heterocycles. The average molecular weight is 264 g/mol. The van der Waals surface area contributed by atoms with E-state index >= 15 is 0 Å². The second-order valence-corrected chi connectivity index (χ2v) is 6.19. The van der Waals surface area contributed by atoms with Crippen LogP contribution in [0, 0.1) is 5.92 Å². The molecule has 1 aliphatic rings. The van der Waals surface area contributed by atoms with Crippen molar-refractivity contribution in [3.63, 3.8) is 0 Å². The molecule has 1 saturated carbocycles. The van der Waals surface area contributed by atoms with Gasteiger partial charge in [-0.2, -0.15) is 0 Å². The molecule has 1 atom stereocenters. The van der Waals surface area contributed by atoms with Gasteiger partial charge in [0.15, 0.2) is 0 Å². The van der Waals surface area contributed by atoms with Gasteiger partial charge in [0.1, 0.15) is 5.15 Å². The van der Waals surface area contributed by atoms with Crippen LogP contribution in [-0.2, 0) is 17.1 Å². The molecule has 16 heavy (non-hydrogen) atoms. The summed E-state index contributed by atoms with van der Waals surface area (Å²) in [6.45, 7) is 1.87. The molecule has 0 bridgehead atoms. The Hall–Kier alpha value is -0.590. The Morgan fingerprint density at radius 3 is 2.69 bits per heavy atom. The smallest absolute Gasteiger partial charge is 0.261 e. The third-order valence-corrected chi connectivity index (χ3v) is 4.81. The first-order chi connectivity index (χ1) is 7.42. The first-order valence-electron chi connectivity index (χ1n) is 5.11. The van der Waals surface area contributed by atoms with Crippen LogP contribution in [0.3, 0.4) is 0 Å². The van der Waals surface area contributed by atoms with E-state index in [1.165, 1.54) is 10.9 Å². The average Bonchev–Trinajstić information content (AvgIpc) is 2.95. The minimum absolute atomic E-state index is 0.0527. The molecule has 90 valence electrons. The Balaban J connectivity index is 2.21. The van der Waals surface area contributed by atoms with Crippen LogP contribution >= 0.6 is 11.6 Å². The van der Waals surface area contributed by atoms with Gasteiger partial charge < -0.3 is 4.57 Å². The fourth-order valence-corrected chi connectivity index (χ4v) is 3.31. The summed E-state index contributed by atoms with van der Waals surface area (Å²) in [6, 6.07) is -0.0527. The lowest BCUT2D eigenvalue weighted by molar-refractivity contribution is 0.535. The Morgan fingerprint density at radius 2 is 2.25 bits per heavy atom. The van der Waals surface area contributed by atoms with E-state index in [0.717, 1.165) is 12.8 Å². The lowest BCUT2D eigenvalue weighted by Crippen LogP contribution is -2.34. The SMILES string of the molecule is C[C@H](NS(=O)(=O)c1ncn(C)c1Cl)C1CC1. The number of aryl methyl sites for hydroxylation is 1. The lowest BCUT2D eigenvalue weighted by Gasteiger charge is -2.11. The summed E-state index contributed by atoms with van der Waals surface area (Å²) in [4.78, 5) is 3.80. The van der Waals surface area contributed by atoms with Crippen LogP contribution in [0.25, 0.3) is 0 Å². The highest BCUT2D eigenvalue weighted by Gasteiger charge is 2.32. The van der Waals surface area contributed by atoms with Crippen molar-refractivity contribution < 1.29 is 8.42 Å². The molecule has 1 aromatic rings. The summed E-state index contributed by atoms with van der Waals surface area (Å²) >= 11 is 5.85. The van der Waals surface area contributed by atoms with E-state index in [1.807, 2.05) is 6.92 Å².